The molecule has 0 saturated heterocycles. The number of nitrogens with zero attached hydrogens (tertiary/aromatic N) is 1. The second-order valence-corrected chi connectivity index (χ2v) is 3.68. The monoisotopic (exact) mass is 246 g/mol. The second-order valence-electron chi connectivity index (χ2n) is 3.68. The molecule has 1 aromatic carbocycles. The molecule has 18 heavy (non-hydrogen) atoms. The SMILES string of the molecule is O=C(O)c1ccnc(NCc2ccccc2F)c1. The summed E-state index contributed by atoms with van der Waals surface area (Å²) < 4.78 is 13.3. The lowest BCUT2D eigenvalue weighted by atomic mass is 10.2. The fourth-order valence-electron chi connectivity index (χ4n) is 1.49. The van der Waals surface area contributed by atoms with Gasteiger partial charge in [0.1, 0.15) is 11.6 Å². The molecule has 5 heteroatoms. The van der Waals surface area contributed by atoms with E-state index in [-0.39, 0.29) is 17.9 Å². The lowest BCUT2D eigenvalue weighted by molar-refractivity contribution is 0.0697. The van der Waals surface area contributed by atoms with Crippen molar-refractivity contribution in [2.24, 2.45) is 0 Å². The molecule has 1 aromatic heterocycles. The Hall–Kier alpha value is -2.43. The van der Waals surface area contributed by atoms with Crippen molar-refractivity contribution in [2.75, 3.05) is 5.32 Å². The minimum Gasteiger partial charge on any atom is -0.478 e. The topological polar surface area (TPSA) is 62.2 Å². The molecule has 0 aliphatic heterocycles. The van der Waals surface area contributed by atoms with E-state index in [0.29, 0.717) is 11.4 Å². The number of rotatable bonds is 4. The van der Waals surface area contributed by atoms with Crippen molar-refractivity contribution in [3.8, 4) is 0 Å². The van der Waals surface area contributed by atoms with Crippen molar-refractivity contribution in [1.29, 1.82) is 0 Å². The maximum Gasteiger partial charge on any atom is 0.335 e. The highest BCUT2D eigenvalue weighted by Gasteiger charge is 2.05. The second kappa shape index (κ2) is 5.27. The third-order valence-corrected chi connectivity index (χ3v) is 2.42. The van der Waals surface area contributed by atoms with Crippen molar-refractivity contribution in [3.05, 3.63) is 59.5 Å². The van der Waals surface area contributed by atoms with E-state index < -0.39 is 5.97 Å². The van der Waals surface area contributed by atoms with E-state index >= 15 is 0 Å². The van der Waals surface area contributed by atoms with Crippen LogP contribution in [-0.2, 0) is 6.54 Å². The zero-order valence-electron chi connectivity index (χ0n) is 9.43. The van der Waals surface area contributed by atoms with Crippen molar-refractivity contribution in [1.82, 2.24) is 4.98 Å². The van der Waals surface area contributed by atoms with Gasteiger partial charge in [-0.3, -0.25) is 0 Å². The first-order valence-electron chi connectivity index (χ1n) is 5.33. The van der Waals surface area contributed by atoms with E-state index in [0.717, 1.165) is 0 Å². The van der Waals surface area contributed by atoms with Gasteiger partial charge in [0.05, 0.1) is 5.56 Å². The number of halogens is 1. The van der Waals surface area contributed by atoms with Crippen LogP contribution in [0.5, 0.6) is 0 Å². The molecule has 0 aliphatic rings. The highest BCUT2D eigenvalue weighted by molar-refractivity contribution is 5.88. The molecule has 2 rings (SSSR count). The average Bonchev–Trinajstić information content (AvgIpc) is 2.38. The Bertz CT molecular complexity index is 572. The van der Waals surface area contributed by atoms with Gasteiger partial charge in [0.2, 0.25) is 0 Å². The molecule has 1 heterocycles. The van der Waals surface area contributed by atoms with Gasteiger partial charge in [-0.15, -0.1) is 0 Å². The molecular formula is C13H11FN2O2. The number of aromatic carboxylic acids is 1. The first-order valence-corrected chi connectivity index (χ1v) is 5.33. The molecule has 0 radical (unpaired) electrons. The van der Waals surface area contributed by atoms with Crippen LogP contribution < -0.4 is 5.32 Å². The molecule has 0 bridgehead atoms. The predicted molar refractivity (Wildman–Crippen MR) is 64.9 cm³/mol. The summed E-state index contributed by atoms with van der Waals surface area (Å²) in [6, 6.07) is 9.19. The molecule has 0 amide bonds. The van der Waals surface area contributed by atoms with E-state index in [1.54, 1.807) is 18.2 Å². The Morgan fingerprint density at radius 3 is 2.83 bits per heavy atom. The van der Waals surface area contributed by atoms with Gasteiger partial charge in [-0.25, -0.2) is 14.2 Å². The standard InChI is InChI=1S/C13H11FN2O2/c14-11-4-2-1-3-10(11)8-16-12-7-9(13(17)18)5-6-15-12/h1-7H,8H2,(H,15,16)(H,17,18). The summed E-state index contributed by atoms with van der Waals surface area (Å²) in [6.45, 7) is 0.253. The number of anilines is 1. The Balaban J connectivity index is 2.09. The average molecular weight is 246 g/mol. The minimum absolute atomic E-state index is 0.140. The number of carboxylic acids is 1. The number of pyridine rings is 1. The van der Waals surface area contributed by atoms with Crippen LogP contribution in [-0.4, -0.2) is 16.1 Å². The molecule has 2 aromatic rings. The molecule has 0 spiro atoms. The highest BCUT2D eigenvalue weighted by atomic mass is 19.1. The number of carbonyl (C=O) groups is 1. The van der Waals surface area contributed by atoms with E-state index in [1.807, 2.05) is 0 Å². The number of benzene rings is 1. The maximum absolute atomic E-state index is 13.3. The fraction of sp³-hybridized carbons (Fsp3) is 0.0769. The Morgan fingerprint density at radius 2 is 2.11 bits per heavy atom. The quantitative estimate of drug-likeness (QED) is 0.870. The molecule has 0 aliphatic carbocycles. The number of carboxylic acid groups (broad SMARTS) is 1. The van der Waals surface area contributed by atoms with Crippen LogP contribution in [0.1, 0.15) is 15.9 Å². The summed E-state index contributed by atoms with van der Waals surface area (Å²) in [5, 5.41) is 11.7. The summed E-state index contributed by atoms with van der Waals surface area (Å²) >= 11 is 0. The number of hydrogen-bond acceptors (Lipinski definition) is 3. The lowest BCUT2D eigenvalue weighted by Crippen LogP contribution is -2.05. The van der Waals surface area contributed by atoms with Gasteiger partial charge in [0, 0.05) is 18.3 Å². The number of hydrogen-bond donors (Lipinski definition) is 2. The molecule has 4 nitrogen and oxygen atoms in total. The van der Waals surface area contributed by atoms with E-state index in [1.165, 1.54) is 24.4 Å². The van der Waals surface area contributed by atoms with Crippen molar-refractivity contribution in [3.63, 3.8) is 0 Å². The first-order chi connectivity index (χ1) is 8.66. The van der Waals surface area contributed by atoms with Crippen LogP contribution in [0.25, 0.3) is 0 Å². The van der Waals surface area contributed by atoms with Gasteiger partial charge in [-0.1, -0.05) is 18.2 Å². The van der Waals surface area contributed by atoms with Crippen LogP contribution in [0.2, 0.25) is 0 Å². The number of aromatic nitrogens is 1. The predicted octanol–water partition coefficient (Wildman–Crippen LogP) is 2.53. The zero-order chi connectivity index (χ0) is 13.0. The third-order valence-electron chi connectivity index (χ3n) is 2.42. The molecule has 0 atom stereocenters. The van der Waals surface area contributed by atoms with Crippen LogP contribution in [0.15, 0.2) is 42.6 Å². The third kappa shape index (κ3) is 2.82. The van der Waals surface area contributed by atoms with Crippen LogP contribution in [0.4, 0.5) is 10.2 Å². The normalized spacial score (nSPS) is 10.1. The van der Waals surface area contributed by atoms with E-state index in [2.05, 4.69) is 10.3 Å². The van der Waals surface area contributed by atoms with Gasteiger partial charge in [-0.2, -0.15) is 0 Å². The van der Waals surface area contributed by atoms with Gasteiger partial charge < -0.3 is 10.4 Å². The van der Waals surface area contributed by atoms with E-state index in [4.69, 9.17) is 5.11 Å². The largest absolute Gasteiger partial charge is 0.478 e. The maximum atomic E-state index is 13.3. The van der Waals surface area contributed by atoms with Crippen LogP contribution >= 0.6 is 0 Å². The molecular weight excluding hydrogens is 235 g/mol. The minimum atomic E-state index is -1.02. The zero-order valence-corrected chi connectivity index (χ0v) is 9.43. The number of nitrogens with one attached hydrogen (secondary N) is 1. The fourth-order valence-corrected chi connectivity index (χ4v) is 1.49. The molecule has 0 unspecified atom stereocenters. The van der Waals surface area contributed by atoms with Crippen molar-refractivity contribution in [2.45, 2.75) is 6.54 Å². The molecule has 0 fully saturated rings. The summed E-state index contributed by atoms with van der Waals surface area (Å²) in [5.41, 5.74) is 0.640. The van der Waals surface area contributed by atoms with E-state index in [9.17, 15) is 9.18 Å². The lowest BCUT2D eigenvalue weighted by Gasteiger charge is -2.06. The molecule has 92 valence electrons. The Labute approximate surface area is 103 Å². The van der Waals surface area contributed by atoms with Gasteiger partial charge in [0.15, 0.2) is 0 Å². The summed E-state index contributed by atoms with van der Waals surface area (Å²) in [5.74, 6) is -0.927. The summed E-state index contributed by atoms with van der Waals surface area (Å²) in [7, 11) is 0. The van der Waals surface area contributed by atoms with Gasteiger partial charge >= 0.3 is 5.97 Å². The van der Waals surface area contributed by atoms with Crippen LogP contribution in [0, 0.1) is 5.82 Å². The van der Waals surface area contributed by atoms with Gasteiger partial charge in [-0.05, 0) is 18.2 Å². The molecule has 0 saturated carbocycles. The smallest absolute Gasteiger partial charge is 0.335 e. The van der Waals surface area contributed by atoms with Crippen LogP contribution in [0.3, 0.4) is 0 Å². The highest BCUT2D eigenvalue weighted by Crippen LogP contribution is 2.11. The van der Waals surface area contributed by atoms with Gasteiger partial charge in [0.25, 0.3) is 0 Å². The summed E-state index contributed by atoms with van der Waals surface area (Å²) in [4.78, 5) is 14.7. The van der Waals surface area contributed by atoms with Crippen molar-refractivity contribution >= 4 is 11.8 Å². The van der Waals surface area contributed by atoms with Crippen molar-refractivity contribution < 1.29 is 14.3 Å². The summed E-state index contributed by atoms with van der Waals surface area (Å²) in [6.07, 6.45) is 1.40. The molecule has 2 N–H and O–H groups in total. The Kier molecular flexibility index (Phi) is 3.52. The first kappa shape index (κ1) is 12.0. The Morgan fingerprint density at radius 1 is 1.33 bits per heavy atom.